The standard InChI is InChI=1S/C15H21NO3/c1-2-12-6-5-9-14(10-12)18-11-15(17)16-19-13-7-3-4-8-13/h5-6,9-10,13H,2-4,7-8,11H2,1H3,(H,16,17). The zero-order valence-corrected chi connectivity index (χ0v) is 11.4. The summed E-state index contributed by atoms with van der Waals surface area (Å²) in [6, 6.07) is 7.77. The number of carbonyl (C=O) groups excluding carboxylic acids is 1. The molecule has 1 aliphatic rings. The molecule has 0 spiro atoms. The van der Waals surface area contributed by atoms with Crippen LogP contribution in [0.3, 0.4) is 0 Å². The second-order valence-corrected chi connectivity index (χ2v) is 4.84. The Kier molecular flexibility index (Phi) is 5.21. The van der Waals surface area contributed by atoms with Crippen molar-refractivity contribution >= 4 is 5.91 Å². The first-order chi connectivity index (χ1) is 9.28. The Bertz CT molecular complexity index is 414. The molecule has 2 rings (SSSR count). The van der Waals surface area contributed by atoms with Crippen molar-refractivity contribution in [3.05, 3.63) is 29.8 Å². The lowest BCUT2D eigenvalue weighted by molar-refractivity contribution is -0.140. The van der Waals surface area contributed by atoms with Crippen LogP contribution in [0.1, 0.15) is 38.2 Å². The SMILES string of the molecule is CCc1cccc(OCC(=O)NOC2CCCC2)c1. The molecule has 1 saturated carbocycles. The van der Waals surface area contributed by atoms with Gasteiger partial charge in [-0.05, 0) is 37.0 Å². The molecule has 1 fully saturated rings. The van der Waals surface area contributed by atoms with Gasteiger partial charge in [-0.2, -0.15) is 0 Å². The van der Waals surface area contributed by atoms with Crippen LogP contribution in [-0.4, -0.2) is 18.6 Å². The number of amides is 1. The van der Waals surface area contributed by atoms with Crippen LogP contribution in [0, 0.1) is 0 Å². The minimum absolute atomic E-state index is 0.0140. The van der Waals surface area contributed by atoms with Crippen LogP contribution >= 0.6 is 0 Å². The molecule has 4 heteroatoms. The van der Waals surface area contributed by atoms with Crippen molar-refractivity contribution < 1.29 is 14.4 Å². The quantitative estimate of drug-likeness (QED) is 0.803. The van der Waals surface area contributed by atoms with E-state index in [1.165, 1.54) is 18.4 Å². The van der Waals surface area contributed by atoms with Gasteiger partial charge in [0.2, 0.25) is 0 Å². The van der Waals surface area contributed by atoms with E-state index >= 15 is 0 Å². The molecule has 1 aliphatic carbocycles. The van der Waals surface area contributed by atoms with Crippen molar-refractivity contribution in [1.82, 2.24) is 5.48 Å². The third-order valence-electron chi connectivity index (χ3n) is 3.32. The van der Waals surface area contributed by atoms with Crippen molar-refractivity contribution in [2.45, 2.75) is 45.1 Å². The number of benzene rings is 1. The van der Waals surface area contributed by atoms with Gasteiger partial charge in [-0.3, -0.25) is 9.63 Å². The number of ether oxygens (including phenoxy) is 1. The van der Waals surface area contributed by atoms with E-state index in [4.69, 9.17) is 9.57 Å². The van der Waals surface area contributed by atoms with E-state index in [2.05, 4.69) is 12.4 Å². The van der Waals surface area contributed by atoms with Crippen LogP contribution in [0.15, 0.2) is 24.3 Å². The van der Waals surface area contributed by atoms with E-state index in [0.29, 0.717) is 0 Å². The molecule has 4 nitrogen and oxygen atoms in total. The zero-order valence-electron chi connectivity index (χ0n) is 11.4. The van der Waals surface area contributed by atoms with Crippen molar-refractivity contribution in [3.8, 4) is 5.75 Å². The molecule has 0 unspecified atom stereocenters. The van der Waals surface area contributed by atoms with E-state index in [1.807, 2.05) is 24.3 Å². The second-order valence-electron chi connectivity index (χ2n) is 4.84. The molecule has 104 valence electrons. The fourth-order valence-corrected chi connectivity index (χ4v) is 2.19. The van der Waals surface area contributed by atoms with Crippen molar-refractivity contribution in [3.63, 3.8) is 0 Å². The summed E-state index contributed by atoms with van der Waals surface area (Å²) in [6.45, 7) is 2.07. The van der Waals surface area contributed by atoms with Gasteiger partial charge in [0, 0.05) is 0 Å². The Morgan fingerprint density at radius 3 is 2.89 bits per heavy atom. The van der Waals surface area contributed by atoms with Gasteiger partial charge >= 0.3 is 0 Å². The molecule has 0 radical (unpaired) electrons. The fourth-order valence-electron chi connectivity index (χ4n) is 2.19. The molecular weight excluding hydrogens is 242 g/mol. The molecule has 1 aromatic rings. The van der Waals surface area contributed by atoms with E-state index in [0.717, 1.165) is 25.0 Å². The molecule has 1 aromatic carbocycles. The van der Waals surface area contributed by atoms with E-state index < -0.39 is 0 Å². The number of aryl methyl sites for hydroxylation is 1. The monoisotopic (exact) mass is 263 g/mol. The van der Waals surface area contributed by atoms with Gasteiger partial charge in [0.1, 0.15) is 5.75 Å². The molecule has 0 heterocycles. The molecule has 1 N–H and O–H groups in total. The number of nitrogens with one attached hydrogen (secondary N) is 1. The summed E-state index contributed by atoms with van der Waals surface area (Å²) in [4.78, 5) is 16.9. The number of hydroxylamine groups is 1. The summed E-state index contributed by atoms with van der Waals surface area (Å²) in [5, 5.41) is 0. The predicted molar refractivity (Wildman–Crippen MR) is 72.8 cm³/mol. The van der Waals surface area contributed by atoms with Crippen molar-refractivity contribution in [1.29, 1.82) is 0 Å². The van der Waals surface area contributed by atoms with Gasteiger partial charge in [0.05, 0.1) is 6.10 Å². The van der Waals surface area contributed by atoms with Crippen LogP contribution in [0.4, 0.5) is 0 Å². The van der Waals surface area contributed by atoms with E-state index in [-0.39, 0.29) is 18.6 Å². The minimum Gasteiger partial charge on any atom is -0.484 e. The lowest BCUT2D eigenvalue weighted by Crippen LogP contribution is -2.32. The largest absolute Gasteiger partial charge is 0.484 e. The molecule has 0 bridgehead atoms. The minimum atomic E-state index is -0.242. The Labute approximate surface area is 114 Å². The third kappa shape index (κ3) is 4.56. The number of rotatable bonds is 6. The Morgan fingerprint density at radius 1 is 1.37 bits per heavy atom. The first kappa shape index (κ1) is 13.9. The van der Waals surface area contributed by atoms with Gasteiger partial charge in [0.15, 0.2) is 6.61 Å². The molecule has 0 aliphatic heterocycles. The number of hydrogen-bond donors (Lipinski definition) is 1. The van der Waals surface area contributed by atoms with Gasteiger partial charge in [0.25, 0.3) is 5.91 Å². The fraction of sp³-hybridized carbons (Fsp3) is 0.533. The highest BCUT2D eigenvalue weighted by atomic mass is 16.7. The van der Waals surface area contributed by atoms with E-state index in [1.54, 1.807) is 0 Å². The third-order valence-corrected chi connectivity index (χ3v) is 3.32. The summed E-state index contributed by atoms with van der Waals surface area (Å²) >= 11 is 0. The van der Waals surface area contributed by atoms with Crippen LogP contribution in [0.5, 0.6) is 5.75 Å². The van der Waals surface area contributed by atoms with Gasteiger partial charge in [-0.1, -0.05) is 31.9 Å². The number of hydrogen-bond acceptors (Lipinski definition) is 3. The normalized spacial score (nSPS) is 15.4. The maximum atomic E-state index is 11.6. The predicted octanol–water partition coefficient (Wildman–Crippen LogP) is 2.62. The Hall–Kier alpha value is -1.55. The maximum absolute atomic E-state index is 11.6. The molecule has 0 aromatic heterocycles. The van der Waals surface area contributed by atoms with Crippen LogP contribution in [0.2, 0.25) is 0 Å². The Balaban J connectivity index is 1.70. The van der Waals surface area contributed by atoms with Crippen LogP contribution < -0.4 is 10.2 Å². The topological polar surface area (TPSA) is 47.6 Å². The first-order valence-corrected chi connectivity index (χ1v) is 6.94. The van der Waals surface area contributed by atoms with Gasteiger partial charge in [-0.25, -0.2) is 5.48 Å². The number of carbonyl (C=O) groups is 1. The van der Waals surface area contributed by atoms with Gasteiger partial charge in [-0.15, -0.1) is 0 Å². The maximum Gasteiger partial charge on any atom is 0.281 e. The molecule has 0 atom stereocenters. The summed E-state index contributed by atoms with van der Waals surface area (Å²) < 4.78 is 5.43. The summed E-state index contributed by atoms with van der Waals surface area (Å²) in [5.74, 6) is 0.476. The lowest BCUT2D eigenvalue weighted by atomic mass is 10.2. The molecule has 19 heavy (non-hydrogen) atoms. The average molecular weight is 263 g/mol. The summed E-state index contributed by atoms with van der Waals surface area (Å²) in [7, 11) is 0. The zero-order chi connectivity index (χ0) is 13.5. The van der Waals surface area contributed by atoms with Crippen molar-refractivity contribution in [2.75, 3.05) is 6.61 Å². The first-order valence-electron chi connectivity index (χ1n) is 6.94. The summed E-state index contributed by atoms with van der Waals surface area (Å²) in [5.41, 5.74) is 3.65. The lowest BCUT2D eigenvalue weighted by Gasteiger charge is -2.12. The average Bonchev–Trinajstić information content (AvgIpc) is 2.96. The Morgan fingerprint density at radius 2 is 2.16 bits per heavy atom. The van der Waals surface area contributed by atoms with E-state index in [9.17, 15) is 4.79 Å². The molecule has 1 amide bonds. The highest BCUT2D eigenvalue weighted by Gasteiger charge is 2.16. The smallest absolute Gasteiger partial charge is 0.281 e. The second kappa shape index (κ2) is 7.14. The highest BCUT2D eigenvalue weighted by Crippen LogP contribution is 2.19. The molecule has 0 saturated heterocycles. The van der Waals surface area contributed by atoms with Crippen molar-refractivity contribution in [2.24, 2.45) is 0 Å². The van der Waals surface area contributed by atoms with Crippen LogP contribution in [0.25, 0.3) is 0 Å². The molecular formula is C15H21NO3. The van der Waals surface area contributed by atoms with Gasteiger partial charge < -0.3 is 4.74 Å². The highest BCUT2D eigenvalue weighted by molar-refractivity contribution is 5.76. The van der Waals surface area contributed by atoms with Crippen LogP contribution in [-0.2, 0) is 16.1 Å². The summed E-state index contributed by atoms with van der Waals surface area (Å²) in [6.07, 6.45) is 5.54.